The molecule has 0 aliphatic carbocycles. The van der Waals surface area contributed by atoms with Crippen molar-refractivity contribution in [2.45, 2.75) is 239 Å². The maximum Gasteiger partial charge on any atom is 0.169 e. The lowest BCUT2D eigenvalue weighted by molar-refractivity contribution is -0.697. The minimum atomic E-state index is 1.19. The van der Waals surface area contributed by atoms with Crippen molar-refractivity contribution < 1.29 is 4.57 Å². The number of aromatic nitrogens is 1. The van der Waals surface area contributed by atoms with Crippen LogP contribution in [0.2, 0.25) is 0 Å². The first kappa shape index (κ1) is 40.2. The lowest BCUT2D eigenvalue weighted by Gasteiger charge is -2.04. The molecular weight excluding hydrogens is 518 g/mol. The van der Waals surface area contributed by atoms with E-state index in [1.807, 2.05) is 0 Å². The van der Waals surface area contributed by atoms with Crippen LogP contribution in [0, 0.1) is 0 Å². The number of aryl methyl sites for hydroxylation is 2. The third-order valence-corrected chi connectivity index (χ3v) is 9.80. The standard InChI is InChI=1S/C42H80N/c1-3-5-7-9-11-13-15-17-19-21-22-24-26-28-30-32-34-36-42-37-40-43(41-38-42)39-35-33-31-29-27-25-23-20-18-16-14-12-10-8-6-4-2/h37-38,40-41H,3-36,39H2,1-2H3/q+1. The van der Waals surface area contributed by atoms with E-state index in [0.717, 1.165) is 0 Å². The number of hydrogen-bond donors (Lipinski definition) is 0. The number of nitrogens with zero attached hydrogens (tertiary/aromatic N) is 1. The van der Waals surface area contributed by atoms with Crippen LogP contribution in [0.25, 0.3) is 0 Å². The van der Waals surface area contributed by atoms with E-state index in [2.05, 4.69) is 42.9 Å². The van der Waals surface area contributed by atoms with Gasteiger partial charge in [0.1, 0.15) is 6.54 Å². The maximum absolute atomic E-state index is 2.40. The van der Waals surface area contributed by atoms with Crippen LogP contribution in [-0.4, -0.2) is 0 Å². The van der Waals surface area contributed by atoms with Gasteiger partial charge in [-0.2, -0.15) is 0 Å². The van der Waals surface area contributed by atoms with Crippen molar-refractivity contribution in [2.75, 3.05) is 0 Å². The molecule has 1 rings (SSSR count). The molecule has 0 bridgehead atoms. The molecule has 0 aromatic carbocycles. The van der Waals surface area contributed by atoms with Gasteiger partial charge in [-0.3, -0.25) is 0 Å². The van der Waals surface area contributed by atoms with Crippen molar-refractivity contribution in [3.63, 3.8) is 0 Å². The van der Waals surface area contributed by atoms with E-state index in [1.165, 1.54) is 230 Å². The third kappa shape index (κ3) is 29.6. The molecule has 1 aromatic rings. The lowest BCUT2D eigenvalue weighted by atomic mass is 10.0. The van der Waals surface area contributed by atoms with Crippen molar-refractivity contribution in [1.82, 2.24) is 0 Å². The highest BCUT2D eigenvalue weighted by Gasteiger charge is 2.02. The van der Waals surface area contributed by atoms with Crippen molar-refractivity contribution >= 4 is 0 Å². The Morgan fingerprint density at radius 3 is 0.884 bits per heavy atom. The second-order valence-electron chi connectivity index (χ2n) is 14.2. The van der Waals surface area contributed by atoms with Gasteiger partial charge in [-0.05, 0) is 24.8 Å². The van der Waals surface area contributed by atoms with E-state index < -0.39 is 0 Å². The summed E-state index contributed by atoms with van der Waals surface area (Å²) in [6.07, 6.45) is 53.7. The minimum Gasteiger partial charge on any atom is -0.205 e. The van der Waals surface area contributed by atoms with Crippen LogP contribution in [0.5, 0.6) is 0 Å². The van der Waals surface area contributed by atoms with Crippen LogP contribution in [0.4, 0.5) is 0 Å². The highest BCUT2D eigenvalue weighted by atomic mass is 14.9. The summed E-state index contributed by atoms with van der Waals surface area (Å²) < 4.78 is 2.40. The highest BCUT2D eigenvalue weighted by molar-refractivity contribution is 5.07. The second-order valence-corrected chi connectivity index (χ2v) is 14.2. The summed E-state index contributed by atoms with van der Waals surface area (Å²) in [6, 6.07) is 4.75. The monoisotopic (exact) mass is 599 g/mol. The van der Waals surface area contributed by atoms with E-state index >= 15 is 0 Å². The van der Waals surface area contributed by atoms with Gasteiger partial charge >= 0.3 is 0 Å². The summed E-state index contributed by atoms with van der Waals surface area (Å²) in [4.78, 5) is 0. The fourth-order valence-corrected chi connectivity index (χ4v) is 6.70. The van der Waals surface area contributed by atoms with Gasteiger partial charge in [0.05, 0.1) is 0 Å². The molecule has 0 saturated carbocycles. The molecule has 1 heterocycles. The van der Waals surface area contributed by atoms with E-state index in [0.29, 0.717) is 0 Å². The van der Waals surface area contributed by atoms with Crippen molar-refractivity contribution in [1.29, 1.82) is 0 Å². The zero-order chi connectivity index (χ0) is 30.7. The summed E-state index contributed by atoms with van der Waals surface area (Å²) in [6.45, 7) is 5.80. The van der Waals surface area contributed by atoms with Gasteiger partial charge in [0.2, 0.25) is 0 Å². The normalized spacial score (nSPS) is 11.5. The van der Waals surface area contributed by atoms with Crippen molar-refractivity contribution in [2.24, 2.45) is 0 Å². The Bertz CT molecular complexity index is 635. The quantitative estimate of drug-likeness (QED) is 0.0540. The second kappa shape index (κ2) is 34.0. The smallest absolute Gasteiger partial charge is 0.169 e. The van der Waals surface area contributed by atoms with E-state index in [1.54, 1.807) is 0 Å². The van der Waals surface area contributed by atoms with Gasteiger partial charge in [-0.25, -0.2) is 4.57 Å². The molecule has 1 aromatic heterocycles. The Balaban J connectivity index is 1.80. The lowest BCUT2D eigenvalue weighted by Crippen LogP contribution is -2.32. The Kier molecular flexibility index (Phi) is 31.8. The number of hydrogen-bond acceptors (Lipinski definition) is 0. The van der Waals surface area contributed by atoms with Crippen molar-refractivity contribution in [3.05, 3.63) is 30.1 Å². The molecule has 0 saturated heterocycles. The topological polar surface area (TPSA) is 3.88 Å². The molecule has 252 valence electrons. The van der Waals surface area contributed by atoms with E-state index in [4.69, 9.17) is 0 Å². The Morgan fingerprint density at radius 1 is 0.326 bits per heavy atom. The van der Waals surface area contributed by atoms with Crippen LogP contribution in [0.1, 0.15) is 231 Å². The molecule has 0 N–H and O–H groups in total. The first-order valence-corrected chi connectivity index (χ1v) is 20.3. The van der Waals surface area contributed by atoms with Gasteiger partial charge in [-0.15, -0.1) is 0 Å². The Morgan fingerprint density at radius 2 is 0.581 bits per heavy atom. The fraction of sp³-hybridized carbons (Fsp3) is 0.881. The molecule has 0 fully saturated rings. The largest absolute Gasteiger partial charge is 0.205 e. The van der Waals surface area contributed by atoms with Gasteiger partial charge in [0.25, 0.3) is 0 Å². The number of rotatable bonds is 35. The molecule has 0 unspecified atom stereocenters. The summed E-state index contributed by atoms with van der Waals surface area (Å²) in [5.74, 6) is 0. The van der Waals surface area contributed by atoms with Crippen LogP contribution in [-0.2, 0) is 13.0 Å². The van der Waals surface area contributed by atoms with E-state index in [-0.39, 0.29) is 0 Å². The summed E-state index contributed by atoms with van der Waals surface area (Å²) >= 11 is 0. The van der Waals surface area contributed by atoms with Crippen molar-refractivity contribution in [3.8, 4) is 0 Å². The SMILES string of the molecule is CCCCCCCCCCCCCCCCCCCc1cc[n+](CCCCCCCCCCCCCCCCCC)cc1. The number of unbranched alkanes of at least 4 members (excludes halogenated alkanes) is 31. The van der Waals surface area contributed by atoms with Gasteiger partial charge in [-0.1, -0.05) is 206 Å². The predicted octanol–water partition coefficient (Wildman–Crippen LogP) is 14.4. The molecule has 0 radical (unpaired) electrons. The summed E-state index contributed by atoms with van der Waals surface area (Å²) in [5.41, 5.74) is 1.53. The molecule has 1 nitrogen and oxygen atoms in total. The minimum absolute atomic E-state index is 1.19. The number of pyridine rings is 1. The maximum atomic E-state index is 2.40. The molecular formula is C42H80N+. The van der Waals surface area contributed by atoms with Gasteiger partial charge < -0.3 is 0 Å². The average molecular weight is 599 g/mol. The molecule has 1 heteroatoms. The third-order valence-electron chi connectivity index (χ3n) is 9.80. The molecule has 0 spiro atoms. The molecule has 0 aliphatic heterocycles. The van der Waals surface area contributed by atoms with Gasteiger partial charge in [0, 0.05) is 18.6 Å². The van der Waals surface area contributed by atoms with Gasteiger partial charge in [0.15, 0.2) is 12.4 Å². The van der Waals surface area contributed by atoms with Crippen LogP contribution >= 0.6 is 0 Å². The van der Waals surface area contributed by atoms with Crippen LogP contribution in [0.3, 0.4) is 0 Å². The summed E-state index contributed by atoms with van der Waals surface area (Å²) in [7, 11) is 0. The van der Waals surface area contributed by atoms with Crippen LogP contribution in [0.15, 0.2) is 24.5 Å². The Labute approximate surface area is 272 Å². The zero-order valence-corrected chi connectivity index (χ0v) is 30.0. The highest BCUT2D eigenvalue weighted by Crippen LogP contribution is 2.16. The zero-order valence-electron chi connectivity index (χ0n) is 30.0. The Hall–Kier alpha value is -0.850. The summed E-state index contributed by atoms with van der Waals surface area (Å²) in [5, 5.41) is 0. The molecule has 0 atom stereocenters. The fourth-order valence-electron chi connectivity index (χ4n) is 6.70. The van der Waals surface area contributed by atoms with Crippen LogP contribution < -0.4 is 4.57 Å². The molecule has 43 heavy (non-hydrogen) atoms. The molecule has 0 amide bonds. The van der Waals surface area contributed by atoms with E-state index in [9.17, 15) is 0 Å². The predicted molar refractivity (Wildman–Crippen MR) is 194 cm³/mol. The first-order valence-electron chi connectivity index (χ1n) is 20.3. The first-order chi connectivity index (χ1) is 21.4. The average Bonchev–Trinajstić information content (AvgIpc) is 3.03. The molecule has 0 aliphatic rings.